The lowest BCUT2D eigenvalue weighted by atomic mass is 10.1. The number of aryl methyl sites for hydroxylation is 1. The van der Waals surface area contributed by atoms with Gasteiger partial charge in [0.05, 0.1) is 7.11 Å². The molecular formula is C15H21ClO3. The Labute approximate surface area is 119 Å². The maximum atomic E-state index is 11.7. The summed E-state index contributed by atoms with van der Waals surface area (Å²) in [5.74, 6) is 0.328. The molecule has 1 unspecified atom stereocenters. The first-order valence-electron chi connectivity index (χ1n) is 6.65. The molecule has 106 valence electrons. The molecule has 1 aromatic carbocycles. The number of carbonyl (C=O) groups excluding carboxylic acids is 1. The van der Waals surface area contributed by atoms with Gasteiger partial charge in [-0.05, 0) is 43.0 Å². The van der Waals surface area contributed by atoms with Crippen LogP contribution in [0.4, 0.5) is 0 Å². The Morgan fingerprint density at radius 3 is 2.68 bits per heavy atom. The van der Waals surface area contributed by atoms with Gasteiger partial charge in [0.1, 0.15) is 5.75 Å². The molecule has 0 aromatic heterocycles. The minimum absolute atomic E-state index is 0.332. The first kappa shape index (κ1) is 15.8. The van der Waals surface area contributed by atoms with E-state index in [1.165, 1.54) is 7.11 Å². The molecule has 0 aliphatic rings. The molecule has 0 heterocycles. The van der Waals surface area contributed by atoms with Crippen LogP contribution in [0.25, 0.3) is 0 Å². The average Bonchev–Trinajstić information content (AvgIpc) is 2.44. The topological polar surface area (TPSA) is 35.5 Å². The molecule has 0 aliphatic carbocycles. The highest BCUT2D eigenvalue weighted by Gasteiger charge is 2.20. The molecule has 4 heteroatoms. The van der Waals surface area contributed by atoms with E-state index in [9.17, 15) is 4.79 Å². The Bertz CT molecular complexity index is 418. The van der Waals surface area contributed by atoms with Gasteiger partial charge in [-0.3, -0.25) is 0 Å². The maximum absolute atomic E-state index is 11.7. The normalized spacial score (nSPS) is 12.0. The molecule has 0 aliphatic heterocycles. The standard InChI is InChI=1S/C15H21ClO3/c1-4-6-7-14(15(17)18-3)19-12-8-9-13(16)11(5-2)10-12/h8-10,14H,4-7H2,1-3H3. The summed E-state index contributed by atoms with van der Waals surface area (Å²) >= 11 is 6.06. The molecule has 0 fully saturated rings. The number of methoxy groups -OCH3 is 1. The fourth-order valence-electron chi connectivity index (χ4n) is 1.81. The van der Waals surface area contributed by atoms with Crippen LogP contribution in [0.2, 0.25) is 5.02 Å². The summed E-state index contributed by atoms with van der Waals surface area (Å²) in [7, 11) is 1.38. The van der Waals surface area contributed by atoms with Crippen LogP contribution in [0.5, 0.6) is 5.75 Å². The molecule has 0 saturated heterocycles. The van der Waals surface area contributed by atoms with E-state index < -0.39 is 6.10 Å². The first-order chi connectivity index (χ1) is 9.12. The summed E-state index contributed by atoms with van der Waals surface area (Å²) < 4.78 is 10.5. The van der Waals surface area contributed by atoms with Crippen LogP contribution in [-0.4, -0.2) is 19.2 Å². The number of ether oxygens (including phenoxy) is 2. The minimum atomic E-state index is -0.546. The second kappa shape index (κ2) is 8.05. The van der Waals surface area contributed by atoms with E-state index in [1.54, 1.807) is 12.1 Å². The van der Waals surface area contributed by atoms with Crippen LogP contribution in [-0.2, 0) is 16.0 Å². The molecule has 0 radical (unpaired) electrons. The Hall–Kier alpha value is -1.22. The van der Waals surface area contributed by atoms with Gasteiger partial charge < -0.3 is 9.47 Å². The van der Waals surface area contributed by atoms with E-state index in [-0.39, 0.29) is 5.97 Å². The van der Waals surface area contributed by atoms with Gasteiger partial charge in [0.2, 0.25) is 0 Å². The van der Waals surface area contributed by atoms with Gasteiger partial charge >= 0.3 is 5.97 Å². The molecule has 0 N–H and O–H groups in total. The zero-order chi connectivity index (χ0) is 14.3. The minimum Gasteiger partial charge on any atom is -0.479 e. The fraction of sp³-hybridized carbons (Fsp3) is 0.533. The summed E-state index contributed by atoms with van der Waals surface area (Å²) in [6.07, 6.45) is 2.88. The van der Waals surface area contributed by atoms with Crippen molar-refractivity contribution < 1.29 is 14.3 Å². The Kier molecular flexibility index (Phi) is 6.71. The lowest BCUT2D eigenvalue weighted by Gasteiger charge is -2.17. The van der Waals surface area contributed by atoms with Crippen molar-refractivity contribution in [2.45, 2.75) is 45.6 Å². The van der Waals surface area contributed by atoms with Gasteiger partial charge in [-0.2, -0.15) is 0 Å². The van der Waals surface area contributed by atoms with Crippen molar-refractivity contribution >= 4 is 17.6 Å². The number of rotatable bonds is 7. The van der Waals surface area contributed by atoms with Gasteiger partial charge in [-0.25, -0.2) is 4.79 Å². The van der Waals surface area contributed by atoms with Crippen LogP contribution in [0.3, 0.4) is 0 Å². The monoisotopic (exact) mass is 284 g/mol. The second-order valence-electron chi connectivity index (χ2n) is 4.38. The molecule has 1 aromatic rings. The van der Waals surface area contributed by atoms with Crippen molar-refractivity contribution in [1.82, 2.24) is 0 Å². The number of unbranched alkanes of at least 4 members (excludes halogenated alkanes) is 1. The first-order valence-corrected chi connectivity index (χ1v) is 7.03. The van der Waals surface area contributed by atoms with Crippen molar-refractivity contribution in [2.75, 3.05) is 7.11 Å². The van der Waals surface area contributed by atoms with Crippen LogP contribution in [0.1, 0.15) is 38.7 Å². The summed E-state index contributed by atoms with van der Waals surface area (Å²) in [5, 5.41) is 0.720. The molecule has 0 amide bonds. The van der Waals surface area contributed by atoms with Gasteiger partial charge in [0.15, 0.2) is 6.10 Å². The smallest absolute Gasteiger partial charge is 0.347 e. The van der Waals surface area contributed by atoms with Crippen LogP contribution < -0.4 is 4.74 Å². The van der Waals surface area contributed by atoms with E-state index in [0.717, 1.165) is 29.8 Å². The van der Waals surface area contributed by atoms with Crippen molar-refractivity contribution in [3.63, 3.8) is 0 Å². The fourth-order valence-corrected chi connectivity index (χ4v) is 2.06. The summed E-state index contributed by atoms with van der Waals surface area (Å²) in [6.45, 7) is 4.10. The van der Waals surface area contributed by atoms with Gasteiger partial charge in [-0.1, -0.05) is 31.9 Å². The van der Waals surface area contributed by atoms with E-state index in [4.69, 9.17) is 21.1 Å². The molecule has 0 saturated carbocycles. The van der Waals surface area contributed by atoms with Crippen molar-refractivity contribution in [3.8, 4) is 5.75 Å². The quantitative estimate of drug-likeness (QED) is 0.710. The number of hydrogen-bond donors (Lipinski definition) is 0. The summed E-state index contributed by atoms with van der Waals surface area (Å²) in [6, 6.07) is 5.46. The molecule has 1 rings (SSSR count). The van der Waals surface area contributed by atoms with Crippen LogP contribution >= 0.6 is 11.6 Å². The van der Waals surface area contributed by atoms with Crippen molar-refractivity contribution in [1.29, 1.82) is 0 Å². The van der Waals surface area contributed by atoms with E-state index in [2.05, 4.69) is 6.92 Å². The van der Waals surface area contributed by atoms with Gasteiger partial charge in [0, 0.05) is 5.02 Å². The molecule has 0 spiro atoms. The third-order valence-electron chi connectivity index (χ3n) is 2.96. The number of benzene rings is 1. The predicted molar refractivity (Wildman–Crippen MR) is 76.8 cm³/mol. The Morgan fingerprint density at radius 2 is 2.11 bits per heavy atom. The Balaban J connectivity index is 2.80. The van der Waals surface area contributed by atoms with Crippen molar-refractivity contribution in [2.24, 2.45) is 0 Å². The van der Waals surface area contributed by atoms with Gasteiger partial charge in [0.25, 0.3) is 0 Å². The maximum Gasteiger partial charge on any atom is 0.347 e. The number of halogens is 1. The summed E-state index contributed by atoms with van der Waals surface area (Å²) in [5.41, 5.74) is 1.01. The molecule has 1 atom stereocenters. The van der Waals surface area contributed by atoms with Crippen molar-refractivity contribution in [3.05, 3.63) is 28.8 Å². The molecular weight excluding hydrogens is 264 g/mol. The average molecular weight is 285 g/mol. The Morgan fingerprint density at radius 1 is 1.37 bits per heavy atom. The highest BCUT2D eigenvalue weighted by atomic mass is 35.5. The van der Waals surface area contributed by atoms with Gasteiger partial charge in [-0.15, -0.1) is 0 Å². The highest BCUT2D eigenvalue weighted by molar-refractivity contribution is 6.31. The van der Waals surface area contributed by atoms with Crippen LogP contribution in [0.15, 0.2) is 18.2 Å². The van der Waals surface area contributed by atoms with E-state index in [1.807, 2.05) is 13.0 Å². The molecule has 19 heavy (non-hydrogen) atoms. The predicted octanol–water partition coefficient (Wildman–Crippen LogP) is 4.01. The number of hydrogen-bond acceptors (Lipinski definition) is 3. The van der Waals surface area contributed by atoms with E-state index in [0.29, 0.717) is 12.2 Å². The zero-order valence-corrected chi connectivity index (χ0v) is 12.5. The summed E-state index contributed by atoms with van der Waals surface area (Å²) in [4.78, 5) is 11.7. The number of carbonyl (C=O) groups is 1. The third kappa shape index (κ3) is 4.75. The molecule has 3 nitrogen and oxygen atoms in total. The lowest BCUT2D eigenvalue weighted by Crippen LogP contribution is -2.28. The largest absolute Gasteiger partial charge is 0.479 e. The van der Waals surface area contributed by atoms with Crippen LogP contribution in [0, 0.1) is 0 Å². The lowest BCUT2D eigenvalue weighted by molar-refractivity contribution is -0.149. The third-order valence-corrected chi connectivity index (χ3v) is 3.33. The second-order valence-corrected chi connectivity index (χ2v) is 4.79. The zero-order valence-electron chi connectivity index (χ0n) is 11.7. The molecule has 0 bridgehead atoms. The van der Waals surface area contributed by atoms with E-state index >= 15 is 0 Å². The number of esters is 1. The highest BCUT2D eigenvalue weighted by Crippen LogP contribution is 2.24. The SMILES string of the molecule is CCCCC(Oc1ccc(Cl)c(CC)c1)C(=O)OC.